The Hall–Kier alpha value is -2.36. The standard InChI is InChI=1S/C22H26N2O2/c1-4-16-18-11-10-17-19(14-8-6-5-7-9-14)24(3)23-21(17)22(18,2)12-15(13-25)20(16)26/h5-9,13,16,18,25H,4,10-12H2,1-3H3/b15-13-/t16-,18-,22-/m0/s1. The van der Waals surface area contributed by atoms with Crippen molar-refractivity contribution in [3.05, 3.63) is 53.4 Å². The summed E-state index contributed by atoms with van der Waals surface area (Å²) in [5.74, 6) is 0.386. The highest BCUT2D eigenvalue weighted by molar-refractivity contribution is 5.98. The number of carbonyl (C=O) groups is 1. The molecule has 1 N–H and O–H groups in total. The van der Waals surface area contributed by atoms with Crippen LogP contribution in [0.4, 0.5) is 0 Å². The van der Waals surface area contributed by atoms with Crippen molar-refractivity contribution >= 4 is 5.78 Å². The predicted octanol–water partition coefficient (Wildman–Crippen LogP) is 4.35. The summed E-state index contributed by atoms with van der Waals surface area (Å²) in [6, 6.07) is 10.4. The number of nitrogens with zero attached hydrogens (tertiary/aromatic N) is 2. The second-order valence-electron chi connectivity index (χ2n) is 7.94. The lowest BCUT2D eigenvalue weighted by Gasteiger charge is -2.48. The molecule has 1 aromatic heterocycles. The van der Waals surface area contributed by atoms with Gasteiger partial charge in [-0.25, -0.2) is 0 Å². The van der Waals surface area contributed by atoms with Crippen molar-refractivity contribution in [2.24, 2.45) is 18.9 Å². The molecule has 1 fully saturated rings. The molecule has 0 radical (unpaired) electrons. The van der Waals surface area contributed by atoms with Gasteiger partial charge in [-0.15, -0.1) is 0 Å². The minimum absolute atomic E-state index is 0.0255. The average molecular weight is 350 g/mol. The molecular formula is C22H26N2O2. The smallest absolute Gasteiger partial charge is 0.165 e. The Balaban J connectivity index is 1.88. The van der Waals surface area contributed by atoms with Gasteiger partial charge < -0.3 is 5.11 Å². The third kappa shape index (κ3) is 2.28. The van der Waals surface area contributed by atoms with Gasteiger partial charge in [0.2, 0.25) is 0 Å². The van der Waals surface area contributed by atoms with Gasteiger partial charge in [0.05, 0.1) is 17.6 Å². The molecule has 4 heteroatoms. The number of aryl methyl sites for hydroxylation is 1. The van der Waals surface area contributed by atoms with Gasteiger partial charge in [0, 0.05) is 35.1 Å². The summed E-state index contributed by atoms with van der Waals surface area (Å²) in [7, 11) is 2.01. The fraction of sp³-hybridized carbons (Fsp3) is 0.455. The van der Waals surface area contributed by atoms with Crippen LogP contribution in [0.15, 0.2) is 42.2 Å². The maximum absolute atomic E-state index is 12.7. The van der Waals surface area contributed by atoms with Crippen LogP contribution >= 0.6 is 0 Å². The Kier molecular flexibility index (Phi) is 4.02. The summed E-state index contributed by atoms with van der Waals surface area (Å²) in [5, 5.41) is 14.6. The Morgan fingerprint density at radius 3 is 2.73 bits per heavy atom. The van der Waals surface area contributed by atoms with Crippen LogP contribution in [0, 0.1) is 11.8 Å². The van der Waals surface area contributed by atoms with E-state index in [1.807, 2.05) is 17.8 Å². The SMILES string of the molecule is CC[C@@H]1C(=O)/C(=C\O)C[C@]2(C)c3nn(C)c(-c4ccccc4)c3CC[C@@H]12. The fourth-order valence-corrected chi connectivity index (χ4v) is 5.36. The van der Waals surface area contributed by atoms with Crippen LogP contribution < -0.4 is 0 Å². The second kappa shape index (κ2) is 6.11. The number of hydrogen-bond donors (Lipinski definition) is 1. The molecule has 2 aromatic rings. The molecule has 2 aliphatic rings. The lowest BCUT2D eigenvalue weighted by atomic mass is 9.54. The summed E-state index contributed by atoms with van der Waals surface area (Å²) in [4.78, 5) is 12.7. The molecule has 1 heterocycles. The van der Waals surface area contributed by atoms with Crippen LogP contribution in [0.3, 0.4) is 0 Å². The number of allylic oxidation sites excluding steroid dienone is 1. The van der Waals surface area contributed by atoms with Gasteiger partial charge in [0.15, 0.2) is 5.78 Å². The summed E-state index contributed by atoms with van der Waals surface area (Å²) in [5.41, 5.74) is 5.12. The molecule has 4 nitrogen and oxygen atoms in total. The van der Waals surface area contributed by atoms with Crippen molar-refractivity contribution in [3.63, 3.8) is 0 Å². The molecule has 1 saturated carbocycles. The van der Waals surface area contributed by atoms with Gasteiger partial charge in [0.1, 0.15) is 0 Å². The number of aromatic nitrogens is 2. The monoisotopic (exact) mass is 350 g/mol. The minimum Gasteiger partial charge on any atom is -0.515 e. The number of aliphatic hydroxyl groups is 1. The zero-order valence-electron chi connectivity index (χ0n) is 15.7. The minimum atomic E-state index is -0.207. The van der Waals surface area contributed by atoms with Gasteiger partial charge in [-0.05, 0) is 31.6 Å². The lowest BCUT2D eigenvalue weighted by Crippen LogP contribution is -2.48. The number of fused-ring (bicyclic) bond motifs is 3. The molecule has 2 aliphatic carbocycles. The van der Waals surface area contributed by atoms with Crippen LogP contribution in [0.1, 0.15) is 44.4 Å². The molecule has 1 aromatic carbocycles. The zero-order chi connectivity index (χ0) is 18.5. The van der Waals surface area contributed by atoms with E-state index in [2.05, 4.69) is 38.1 Å². The van der Waals surface area contributed by atoms with Crippen molar-refractivity contribution < 1.29 is 9.90 Å². The average Bonchev–Trinajstić information content (AvgIpc) is 3.00. The van der Waals surface area contributed by atoms with Crippen LogP contribution in [-0.2, 0) is 23.7 Å². The predicted molar refractivity (Wildman–Crippen MR) is 102 cm³/mol. The van der Waals surface area contributed by atoms with Gasteiger partial charge >= 0.3 is 0 Å². The van der Waals surface area contributed by atoms with Crippen LogP contribution in [-0.4, -0.2) is 20.7 Å². The normalized spacial score (nSPS) is 29.5. The molecule has 0 unspecified atom stereocenters. The van der Waals surface area contributed by atoms with Gasteiger partial charge in [0.25, 0.3) is 0 Å². The van der Waals surface area contributed by atoms with E-state index in [9.17, 15) is 9.90 Å². The van der Waals surface area contributed by atoms with Crippen LogP contribution in [0.25, 0.3) is 11.3 Å². The highest BCUT2D eigenvalue weighted by Gasteiger charge is 2.52. The number of Topliss-reactive ketones (excluding diaryl/α,β-unsaturated/α-hetero) is 1. The first kappa shape index (κ1) is 17.1. The molecular weight excluding hydrogens is 324 g/mol. The molecule has 0 spiro atoms. The Morgan fingerprint density at radius 1 is 1.35 bits per heavy atom. The van der Waals surface area contributed by atoms with Gasteiger partial charge in [-0.2, -0.15) is 5.10 Å². The number of benzene rings is 1. The second-order valence-corrected chi connectivity index (χ2v) is 7.94. The van der Waals surface area contributed by atoms with Crippen molar-refractivity contribution in [1.29, 1.82) is 0 Å². The van der Waals surface area contributed by atoms with E-state index >= 15 is 0 Å². The maximum Gasteiger partial charge on any atom is 0.165 e. The molecule has 0 amide bonds. The van der Waals surface area contributed by atoms with Crippen molar-refractivity contribution in [1.82, 2.24) is 9.78 Å². The summed E-state index contributed by atoms with van der Waals surface area (Å²) < 4.78 is 1.99. The van der Waals surface area contributed by atoms with Crippen LogP contribution in [0.5, 0.6) is 0 Å². The number of aliphatic hydroxyl groups excluding tert-OH is 1. The topological polar surface area (TPSA) is 55.1 Å². The van der Waals surface area contributed by atoms with E-state index in [0.717, 1.165) is 31.2 Å². The van der Waals surface area contributed by atoms with E-state index in [0.29, 0.717) is 12.0 Å². The highest BCUT2D eigenvalue weighted by atomic mass is 16.2. The molecule has 0 saturated heterocycles. The van der Waals surface area contributed by atoms with E-state index in [1.165, 1.54) is 16.8 Å². The van der Waals surface area contributed by atoms with Crippen molar-refractivity contribution in [3.8, 4) is 11.3 Å². The molecule has 4 rings (SSSR count). The first-order valence-electron chi connectivity index (χ1n) is 9.50. The first-order chi connectivity index (χ1) is 12.5. The number of rotatable bonds is 2. The molecule has 26 heavy (non-hydrogen) atoms. The Morgan fingerprint density at radius 2 is 2.08 bits per heavy atom. The Labute approximate surface area is 154 Å². The number of carbonyl (C=O) groups excluding carboxylic acids is 1. The zero-order valence-corrected chi connectivity index (χ0v) is 15.7. The summed E-state index contributed by atoms with van der Waals surface area (Å²) in [6.45, 7) is 4.31. The van der Waals surface area contributed by atoms with E-state index in [1.54, 1.807) is 0 Å². The van der Waals surface area contributed by atoms with Crippen molar-refractivity contribution in [2.45, 2.75) is 44.9 Å². The fourth-order valence-electron chi connectivity index (χ4n) is 5.36. The largest absolute Gasteiger partial charge is 0.515 e. The van der Waals surface area contributed by atoms with E-state index in [-0.39, 0.29) is 23.0 Å². The maximum atomic E-state index is 12.7. The molecule has 136 valence electrons. The van der Waals surface area contributed by atoms with E-state index in [4.69, 9.17) is 5.10 Å². The number of hydrogen-bond acceptors (Lipinski definition) is 3. The third-order valence-electron chi connectivity index (χ3n) is 6.55. The lowest BCUT2D eigenvalue weighted by molar-refractivity contribution is -0.125. The van der Waals surface area contributed by atoms with Gasteiger partial charge in [-0.3, -0.25) is 9.48 Å². The Bertz CT molecular complexity index is 881. The summed E-state index contributed by atoms with van der Waals surface area (Å²) >= 11 is 0. The highest BCUT2D eigenvalue weighted by Crippen LogP contribution is 2.54. The quantitative estimate of drug-likeness (QED) is 0.647. The van der Waals surface area contributed by atoms with Crippen molar-refractivity contribution in [2.75, 3.05) is 0 Å². The third-order valence-corrected chi connectivity index (χ3v) is 6.55. The van der Waals surface area contributed by atoms with Gasteiger partial charge in [-0.1, -0.05) is 44.2 Å². The van der Waals surface area contributed by atoms with E-state index < -0.39 is 0 Å². The summed E-state index contributed by atoms with van der Waals surface area (Å²) in [6.07, 6.45) is 4.36. The molecule has 0 aliphatic heterocycles. The van der Waals surface area contributed by atoms with Crippen LogP contribution in [0.2, 0.25) is 0 Å². The molecule has 3 atom stereocenters. The first-order valence-corrected chi connectivity index (χ1v) is 9.50. The molecule has 0 bridgehead atoms. The number of ketones is 1.